The van der Waals surface area contributed by atoms with E-state index in [-0.39, 0.29) is 13.5 Å². The maximum Gasteiger partial charge on any atom is 0.500 e. The van der Waals surface area contributed by atoms with E-state index in [0.717, 1.165) is 145 Å². The van der Waals surface area contributed by atoms with Crippen LogP contribution in [0.4, 0.5) is 0 Å². The molecule has 2 aromatic carbocycles. The van der Waals surface area contributed by atoms with Crippen molar-refractivity contribution in [2.45, 2.75) is 323 Å². The van der Waals surface area contributed by atoms with E-state index in [2.05, 4.69) is 116 Å². The second-order valence-electron chi connectivity index (χ2n) is 34.1. The lowest BCUT2D eigenvalue weighted by atomic mass is 9.87. The zero-order valence-corrected chi connectivity index (χ0v) is 80.1. The van der Waals surface area contributed by atoms with Crippen molar-refractivity contribution in [1.29, 1.82) is 0 Å². The Bertz CT molecular complexity index is 2520. The Kier molecular flexibility index (Phi) is 61.9. The molecule has 7 rings (SSSR count). The molecular weight excluding hydrogens is 1510 g/mol. The van der Waals surface area contributed by atoms with Gasteiger partial charge in [0.2, 0.25) is 5.91 Å². The summed E-state index contributed by atoms with van der Waals surface area (Å²) in [6, 6.07) is 22.8. The minimum atomic E-state index is -2.49. The molecule has 0 N–H and O–H groups in total. The van der Waals surface area contributed by atoms with Crippen molar-refractivity contribution in [2.75, 3.05) is 142 Å². The summed E-state index contributed by atoms with van der Waals surface area (Å²) in [5.74, 6) is 6.08. The first-order chi connectivity index (χ1) is 54.0. The molecule has 0 aliphatic heterocycles. The van der Waals surface area contributed by atoms with Gasteiger partial charge in [-0.1, -0.05) is 159 Å². The molecule has 0 aromatic heterocycles. The fraction of sp³-hybridized carbons (Fsp3) is 0.856. The molecule has 4 unspecified atom stereocenters. The van der Waals surface area contributed by atoms with Crippen molar-refractivity contribution in [3.8, 4) is 0 Å². The fourth-order valence-corrected chi connectivity index (χ4v) is 24.2. The van der Waals surface area contributed by atoms with E-state index >= 15 is 0 Å². The maximum absolute atomic E-state index is 12.1. The van der Waals surface area contributed by atoms with E-state index in [1.807, 2.05) is 18.9 Å². The van der Waals surface area contributed by atoms with Crippen LogP contribution in [0, 0.1) is 35.5 Å². The van der Waals surface area contributed by atoms with E-state index in [9.17, 15) is 4.79 Å². The first kappa shape index (κ1) is 107. The van der Waals surface area contributed by atoms with Crippen LogP contribution in [0.15, 0.2) is 48.5 Å². The van der Waals surface area contributed by atoms with Gasteiger partial charge in [-0.3, -0.25) is 4.79 Å². The largest absolute Gasteiger partial charge is 0.500 e. The maximum atomic E-state index is 12.1. The number of unbranched alkanes of at least 4 members (excludes halogenated alkanes) is 10. The lowest BCUT2D eigenvalue weighted by Gasteiger charge is -2.27. The number of ether oxygens (including phenoxy) is 7. The molecule has 0 radical (unpaired) electrons. The van der Waals surface area contributed by atoms with Crippen molar-refractivity contribution < 1.29 is 77.8 Å². The van der Waals surface area contributed by atoms with Crippen LogP contribution in [-0.4, -0.2) is 202 Å². The van der Waals surface area contributed by atoms with Gasteiger partial charge in [0.1, 0.15) is 6.79 Å². The first-order valence-electron chi connectivity index (χ1n) is 44.7. The number of rotatable bonds is 65. The minimum absolute atomic E-state index is 0. The molecule has 2 aromatic rings. The molecule has 0 heterocycles. The summed E-state index contributed by atoms with van der Waals surface area (Å²) in [7, 11) is 2.92. The first-order valence-corrected chi connectivity index (χ1v) is 57.9. The van der Waals surface area contributed by atoms with Gasteiger partial charge in [0.25, 0.3) is 0 Å². The van der Waals surface area contributed by atoms with E-state index in [1.54, 1.807) is 42.7 Å². The van der Waals surface area contributed by atoms with Crippen molar-refractivity contribution >= 4 is 48.5 Å². The second-order valence-corrected chi connectivity index (χ2v) is 53.1. The summed E-state index contributed by atoms with van der Waals surface area (Å²) in [6.45, 7) is 35.8. The third-order valence-electron chi connectivity index (χ3n) is 22.5. The lowest BCUT2D eigenvalue weighted by Crippen LogP contribution is -2.44. The monoisotopic (exact) mass is 1680 g/mol. The van der Waals surface area contributed by atoms with Gasteiger partial charge in [-0.15, -0.1) is 0 Å². The molecule has 4 atom stereocenters. The van der Waals surface area contributed by atoms with Gasteiger partial charge in [0, 0.05) is 121 Å². The summed E-state index contributed by atoms with van der Waals surface area (Å²) in [6.07, 6.45) is 38.3. The van der Waals surface area contributed by atoms with Crippen LogP contribution in [0.25, 0.3) is 0 Å². The third-order valence-corrected chi connectivity index (χ3v) is 35.9. The van der Waals surface area contributed by atoms with Gasteiger partial charge in [-0.05, 0) is 233 Å². The molecule has 23 heteroatoms. The number of benzene rings is 2. The zero-order chi connectivity index (χ0) is 82.0. The second kappa shape index (κ2) is 65.1. The van der Waals surface area contributed by atoms with Crippen LogP contribution < -0.4 is 0 Å². The highest BCUT2D eigenvalue weighted by Gasteiger charge is 2.44. The van der Waals surface area contributed by atoms with Crippen LogP contribution in [0.3, 0.4) is 0 Å². The molecule has 18 nitrogen and oxygen atoms in total. The Labute approximate surface area is 699 Å². The molecule has 0 bridgehead atoms. The number of aryl methyl sites for hydroxylation is 2. The SMILES string of the molecule is C.CCCOCCOCC(CCCCCCCC[Si](C)(C)OCC)OCOC.CCO[Si](C)(C)CCCN(C)C(=O)CCCCCCCCC1CC1.CCO[Si](C)(C)CCc1ccc(COCCOCC2CC2)cc1.CCO[Si](CCc1ccc(COCC2CC2)cc1)(OC)OC.CO[Si](CCC1CCC2CC2C1)(OC)OC. The van der Waals surface area contributed by atoms with Gasteiger partial charge < -0.3 is 77.9 Å². The Balaban J connectivity index is 0.000000481. The average molecular weight is 1680 g/mol. The van der Waals surface area contributed by atoms with E-state index in [1.165, 1.54) is 182 Å². The quantitative estimate of drug-likeness (QED) is 0.0348. The molecule has 113 heavy (non-hydrogen) atoms. The summed E-state index contributed by atoms with van der Waals surface area (Å²) in [5.41, 5.74) is 5.13. The number of carbonyl (C=O) groups excluding carboxylic acids is 1. The number of hydrogen-bond acceptors (Lipinski definition) is 17. The molecule has 0 spiro atoms. The highest BCUT2D eigenvalue weighted by Crippen LogP contribution is 2.52. The Morgan fingerprint density at radius 3 is 1.42 bits per heavy atom. The van der Waals surface area contributed by atoms with Crippen LogP contribution >= 0.6 is 0 Å². The van der Waals surface area contributed by atoms with Crippen molar-refractivity contribution in [2.24, 2.45) is 35.5 Å². The third kappa shape index (κ3) is 55.8. The average Bonchev–Trinajstić information content (AvgIpc) is 1.66. The summed E-state index contributed by atoms with van der Waals surface area (Å²) in [4.78, 5) is 14.1. The summed E-state index contributed by atoms with van der Waals surface area (Å²) < 4.78 is 89.6. The number of amides is 1. The van der Waals surface area contributed by atoms with E-state index < -0.39 is 42.6 Å². The smallest absolute Gasteiger partial charge is 0.418 e. The lowest BCUT2D eigenvalue weighted by molar-refractivity contribution is -0.130. The zero-order valence-electron chi connectivity index (χ0n) is 75.1. The number of nitrogens with zero attached hydrogens (tertiary/aromatic N) is 1. The normalized spacial score (nSPS) is 17.1. The predicted octanol–water partition coefficient (Wildman–Crippen LogP) is 22.2. The molecule has 0 saturated heterocycles. The van der Waals surface area contributed by atoms with Crippen LogP contribution in [-0.2, 0) is 104 Å². The standard InChI is InChI=1S/C21H46O5Si.C20H41NO2Si.C19H32O3Si.C17H28O4Si.C12H24O3Si.CH4/c1-6-15-23-16-17-24-19-21(25-20-22-3)14-12-10-8-9-11-13-18-27(4,5)26-7-2;1-5-23-24(3,4)18-12-17-21(2)20(22)14-11-9-7-6-8-10-13-19-15-16-19;1-4-22-23(2,3)14-11-17-5-7-18(8-6-17)15-20-12-13-21-16-19-9-10-19;1-4-21-22(18-2,19-3)12-11-15-5-7-16(8-6-15)13-20-14-17-9-10-17;1-13-16(14-2,15-3)7-6-10-4-5-11-9-12(11)8-10;/h21H,6-20H2,1-5H3;19H,5-18H2,1-4H3;5-8,19H,4,9-16H2,1-3H3;5-8,17H,4,9-14H2,1-3H3;10-12H,4-9H2,1-3H3;1H4. The topological polar surface area (TPSA) is 168 Å². The number of carbonyl (C=O) groups is 1. The fourth-order valence-electron chi connectivity index (χ4n) is 14.5. The molecular formula is C90H175NO17Si5. The predicted molar refractivity (Wildman–Crippen MR) is 479 cm³/mol. The van der Waals surface area contributed by atoms with E-state index in [4.69, 9.17) is 73.0 Å². The molecule has 1 amide bonds. The van der Waals surface area contributed by atoms with Crippen LogP contribution in [0.5, 0.6) is 0 Å². The van der Waals surface area contributed by atoms with Crippen molar-refractivity contribution in [1.82, 2.24) is 4.90 Å². The Morgan fingerprint density at radius 1 is 0.425 bits per heavy atom. The molecule has 662 valence electrons. The van der Waals surface area contributed by atoms with Crippen LogP contribution in [0.2, 0.25) is 69.5 Å². The van der Waals surface area contributed by atoms with E-state index in [0.29, 0.717) is 65.6 Å². The van der Waals surface area contributed by atoms with Crippen molar-refractivity contribution in [3.63, 3.8) is 0 Å². The Morgan fingerprint density at radius 2 is 0.885 bits per heavy atom. The van der Waals surface area contributed by atoms with Gasteiger partial charge in [-0.25, -0.2) is 0 Å². The van der Waals surface area contributed by atoms with Crippen LogP contribution in [0.1, 0.15) is 244 Å². The molecule has 5 aliphatic carbocycles. The minimum Gasteiger partial charge on any atom is -0.418 e. The molecule has 5 saturated carbocycles. The Hall–Kier alpha value is -1.65. The highest BCUT2D eigenvalue weighted by molar-refractivity contribution is 6.72. The number of fused-ring (bicyclic) bond motifs is 1. The summed E-state index contributed by atoms with van der Waals surface area (Å²) >= 11 is 0. The van der Waals surface area contributed by atoms with Gasteiger partial charge in [-0.2, -0.15) is 0 Å². The number of hydrogen-bond donors (Lipinski definition) is 0. The van der Waals surface area contributed by atoms with Gasteiger partial charge >= 0.3 is 17.6 Å². The molecule has 5 aliphatic rings. The van der Waals surface area contributed by atoms with Gasteiger partial charge in [0.15, 0.2) is 25.0 Å². The highest BCUT2D eigenvalue weighted by atomic mass is 28.4. The number of methoxy groups -OCH3 is 1. The molecule has 5 fully saturated rings. The van der Waals surface area contributed by atoms with Gasteiger partial charge in [0.05, 0.1) is 52.4 Å². The van der Waals surface area contributed by atoms with Crippen molar-refractivity contribution in [3.05, 3.63) is 70.8 Å². The summed E-state index contributed by atoms with van der Waals surface area (Å²) in [5, 5.41) is 0.